The number of halogens is 1. The number of nitrogens with one attached hydrogen (secondary N) is 2. The Kier molecular flexibility index (Phi) is 8.19. The Bertz CT molecular complexity index is 1310. The molecule has 0 radical (unpaired) electrons. The molecule has 11 N–H and O–H groups in total. The molecule has 212 valence electrons. The minimum atomic E-state index is -0.480. The standard InChI is InChI=1S/C26H34ClN11O2/c27-14-4-5-21(22(39)6-14)23(40)32-19-2-1-3-20(9-19)33-24-34-25(37-10-15(28)7-16(29)11-37)36-26(35-24)38-12-17(30)8-18(31)13-38/h1-6,9,15-18,39H,7-8,10-13,28-31H2,(H,32,40)(H,33,34,35,36)/t15-,16+,17-,18+. The predicted molar refractivity (Wildman–Crippen MR) is 156 cm³/mol. The Balaban J connectivity index is 1.41. The van der Waals surface area contributed by atoms with Gasteiger partial charge in [0.2, 0.25) is 17.8 Å². The summed E-state index contributed by atoms with van der Waals surface area (Å²) in [5, 5.41) is 16.4. The van der Waals surface area contributed by atoms with Gasteiger partial charge in [0, 0.05) is 66.7 Å². The number of benzene rings is 2. The average Bonchev–Trinajstić information content (AvgIpc) is 2.87. The van der Waals surface area contributed by atoms with Crippen LogP contribution in [0.5, 0.6) is 5.75 Å². The van der Waals surface area contributed by atoms with Crippen LogP contribution >= 0.6 is 11.6 Å². The molecule has 40 heavy (non-hydrogen) atoms. The molecule has 0 spiro atoms. The van der Waals surface area contributed by atoms with Crippen LogP contribution in [0.1, 0.15) is 23.2 Å². The molecule has 4 atom stereocenters. The summed E-state index contributed by atoms with van der Waals surface area (Å²) in [5.41, 5.74) is 26.2. The normalized spacial score (nSPS) is 23.1. The average molecular weight is 568 g/mol. The summed E-state index contributed by atoms with van der Waals surface area (Å²) in [5.74, 6) is 0.520. The second kappa shape index (κ2) is 11.8. The zero-order chi connectivity index (χ0) is 28.4. The van der Waals surface area contributed by atoms with E-state index in [0.717, 1.165) is 12.8 Å². The molecule has 0 bridgehead atoms. The lowest BCUT2D eigenvalue weighted by atomic mass is 10.0. The molecule has 5 rings (SSSR count). The topological polar surface area (TPSA) is 211 Å². The molecule has 1 aromatic heterocycles. The number of aromatic nitrogens is 3. The van der Waals surface area contributed by atoms with E-state index < -0.39 is 5.91 Å². The number of hydrogen-bond acceptors (Lipinski definition) is 12. The van der Waals surface area contributed by atoms with Crippen molar-refractivity contribution in [2.75, 3.05) is 46.6 Å². The lowest BCUT2D eigenvalue weighted by Gasteiger charge is -2.37. The van der Waals surface area contributed by atoms with E-state index >= 15 is 0 Å². The molecule has 2 fully saturated rings. The predicted octanol–water partition coefficient (Wildman–Crippen LogP) is 0.956. The highest BCUT2D eigenvalue weighted by molar-refractivity contribution is 6.31. The highest BCUT2D eigenvalue weighted by Crippen LogP contribution is 2.26. The van der Waals surface area contributed by atoms with Gasteiger partial charge in [-0.3, -0.25) is 4.79 Å². The van der Waals surface area contributed by atoms with E-state index in [1.807, 2.05) is 15.9 Å². The van der Waals surface area contributed by atoms with Gasteiger partial charge in [0.15, 0.2) is 0 Å². The molecule has 14 heteroatoms. The molecular weight excluding hydrogens is 534 g/mol. The Labute approximate surface area is 236 Å². The third-order valence-corrected chi connectivity index (χ3v) is 7.02. The van der Waals surface area contributed by atoms with Crippen LogP contribution in [0.2, 0.25) is 5.02 Å². The van der Waals surface area contributed by atoms with Crippen LogP contribution in [0.3, 0.4) is 0 Å². The maximum atomic E-state index is 12.7. The Morgan fingerprint density at radius 1 is 0.825 bits per heavy atom. The van der Waals surface area contributed by atoms with Crippen molar-refractivity contribution in [2.45, 2.75) is 37.0 Å². The molecule has 2 aliphatic heterocycles. The number of nitrogens with zero attached hydrogens (tertiary/aromatic N) is 5. The molecule has 2 aliphatic rings. The van der Waals surface area contributed by atoms with E-state index in [4.69, 9.17) is 39.5 Å². The minimum absolute atomic E-state index is 0.0995. The number of hydrogen-bond donors (Lipinski definition) is 7. The monoisotopic (exact) mass is 567 g/mol. The van der Waals surface area contributed by atoms with Gasteiger partial charge in [-0.15, -0.1) is 0 Å². The van der Waals surface area contributed by atoms with Gasteiger partial charge in [-0.05, 0) is 49.2 Å². The van der Waals surface area contributed by atoms with Gasteiger partial charge in [0.25, 0.3) is 5.91 Å². The molecule has 0 saturated carbocycles. The van der Waals surface area contributed by atoms with Gasteiger partial charge < -0.3 is 48.5 Å². The Hall–Kier alpha value is -3.75. The van der Waals surface area contributed by atoms with Crippen LogP contribution in [0, 0.1) is 0 Å². The van der Waals surface area contributed by atoms with Crippen LogP contribution in [0.4, 0.5) is 29.2 Å². The summed E-state index contributed by atoms with van der Waals surface area (Å²) < 4.78 is 0. The number of piperidine rings is 2. The molecular formula is C26H34ClN11O2. The minimum Gasteiger partial charge on any atom is -0.507 e. The van der Waals surface area contributed by atoms with Crippen molar-refractivity contribution in [3.63, 3.8) is 0 Å². The zero-order valence-corrected chi connectivity index (χ0v) is 22.6. The molecule has 1 amide bonds. The van der Waals surface area contributed by atoms with Crippen LogP contribution < -0.4 is 43.4 Å². The lowest BCUT2D eigenvalue weighted by molar-refractivity contribution is 0.102. The van der Waals surface area contributed by atoms with Crippen LogP contribution in [0.15, 0.2) is 42.5 Å². The fourth-order valence-corrected chi connectivity index (χ4v) is 5.24. The SMILES string of the molecule is N[C@@H]1C[C@H](N)CN(c2nc(Nc3cccc(NC(=O)c4ccc(Cl)cc4O)c3)nc(N3C[C@H](N)C[C@H](N)C3)n2)C1. The van der Waals surface area contributed by atoms with E-state index in [-0.39, 0.29) is 35.5 Å². The number of phenols is 1. The van der Waals surface area contributed by atoms with E-state index in [1.165, 1.54) is 18.2 Å². The van der Waals surface area contributed by atoms with Gasteiger partial charge in [-0.1, -0.05) is 17.7 Å². The van der Waals surface area contributed by atoms with Gasteiger partial charge >= 0.3 is 0 Å². The summed E-state index contributed by atoms with van der Waals surface area (Å²) >= 11 is 5.88. The summed E-state index contributed by atoms with van der Waals surface area (Å²) in [6, 6.07) is 11.0. The number of rotatable bonds is 6. The van der Waals surface area contributed by atoms with Gasteiger partial charge in [-0.2, -0.15) is 15.0 Å². The quantitative estimate of drug-likeness (QED) is 0.222. The largest absolute Gasteiger partial charge is 0.507 e. The van der Waals surface area contributed by atoms with Crippen molar-refractivity contribution < 1.29 is 9.90 Å². The number of aromatic hydroxyl groups is 1. The van der Waals surface area contributed by atoms with Gasteiger partial charge in [-0.25, -0.2) is 0 Å². The van der Waals surface area contributed by atoms with Crippen LogP contribution in [-0.4, -0.2) is 76.3 Å². The number of carbonyl (C=O) groups is 1. The van der Waals surface area contributed by atoms with E-state index in [0.29, 0.717) is 60.4 Å². The fourth-order valence-electron chi connectivity index (χ4n) is 5.08. The molecule has 2 saturated heterocycles. The summed E-state index contributed by atoms with van der Waals surface area (Å²) in [4.78, 5) is 30.8. The van der Waals surface area contributed by atoms with Gasteiger partial charge in [0.1, 0.15) is 5.75 Å². The molecule has 0 aliphatic carbocycles. The first-order valence-corrected chi connectivity index (χ1v) is 13.5. The molecule has 0 unspecified atom stereocenters. The lowest BCUT2D eigenvalue weighted by Crippen LogP contribution is -2.54. The highest BCUT2D eigenvalue weighted by Gasteiger charge is 2.28. The smallest absolute Gasteiger partial charge is 0.259 e. The second-order valence-corrected chi connectivity index (χ2v) is 10.8. The van der Waals surface area contributed by atoms with Crippen molar-refractivity contribution in [3.8, 4) is 5.75 Å². The third kappa shape index (κ3) is 6.69. The molecule has 3 aromatic rings. The third-order valence-electron chi connectivity index (χ3n) is 6.79. The summed E-state index contributed by atoms with van der Waals surface area (Å²) in [7, 11) is 0. The first kappa shape index (κ1) is 27.8. The van der Waals surface area contributed by atoms with Crippen molar-refractivity contribution in [2.24, 2.45) is 22.9 Å². The first-order chi connectivity index (χ1) is 19.1. The van der Waals surface area contributed by atoms with Crippen molar-refractivity contribution >= 4 is 46.7 Å². The fraction of sp³-hybridized carbons (Fsp3) is 0.385. The molecule has 3 heterocycles. The zero-order valence-electron chi connectivity index (χ0n) is 21.9. The number of nitrogens with two attached hydrogens (primary N) is 4. The van der Waals surface area contributed by atoms with Crippen LogP contribution in [-0.2, 0) is 0 Å². The summed E-state index contributed by atoms with van der Waals surface area (Å²) in [6.07, 6.45) is 1.45. The number of amides is 1. The van der Waals surface area contributed by atoms with E-state index in [9.17, 15) is 9.90 Å². The number of carbonyl (C=O) groups excluding carboxylic acids is 1. The van der Waals surface area contributed by atoms with Crippen LogP contribution in [0.25, 0.3) is 0 Å². The number of phenolic OH excluding ortho intramolecular Hbond substituents is 1. The van der Waals surface area contributed by atoms with E-state index in [2.05, 4.69) is 20.6 Å². The maximum Gasteiger partial charge on any atom is 0.259 e. The first-order valence-electron chi connectivity index (χ1n) is 13.1. The highest BCUT2D eigenvalue weighted by atomic mass is 35.5. The number of anilines is 5. The Morgan fingerprint density at radius 3 is 1.93 bits per heavy atom. The maximum absolute atomic E-state index is 12.7. The van der Waals surface area contributed by atoms with Gasteiger partial charge in [0.05, 0.1) is 5.56 Å². The molecule has 13 nitrogen and oxygen atoms in total. The van der Waals surface area contributed by atoms with Crippen molar-refractivity contribution in [3.05, 3.63) is 53.1 Å². The molecule has 2 aromatic carbocycles. The van der Waals surface area contributed by atoms with Crippen molar-refractivity contribution in [1.82, 2.24) is 15.0 Å². The second-order valence-electron chi connectivity index (χ2n) is 10.4. The van der Waals surface area contributed by atoms with Crippen molar-refractivity contribution in [1.29, 1.82) is 0 Å². The van der Waals surface area contributed by atoms with E-state index in [1.54, 1.807) is 18.2 Å². The Morgan fingerprint density at radius 2 is 1.38 bits per heavy atom. The summed E-state index contributed by atoms with van der Waals surface area (Å²) in [6.45, 7) is 2.26.